The zero-order valence-corrected chi connectivity index (χ0v) is 11.8. The summed E-state index contributed by atoms with van der Waals surface area (Å²) in [5.74, 6) is 0.641. The largest absolute Gasteiger partial charge is 0.490 e. The van der Waals surface area contributed by atoms with E-state index in [9.17, 15) is 5.11 Å². The number of halogens is 1. The molecule has 0 amide bonds. The van der Waals surface area contributed by atoms with Crippen molar-refractivity contribution in [3.05, 3.63) is 28.8 Å². The highest BCUT2D eigenvalue weighted by atomic mass is 35.5. The van der Waals surface area contributed by atoms with Crippen LogP contribution in [0.5, 0.6) is 5.75 Å². The molecule has 1 aromatic carbocycles. The lowest BCUT2D eigenvalue weighted by Gasteiger charge is -2.42. The van der Waals surface area contributed by atoms with Gasteiger partial charge in [-0.2, -0.15) is 0 Å². The number of ether oxygens (including phenoxy) is 1. The second-order valence-electron chi connectivity index (χ2n) is 5.32. The highest BCUT2D eigenvalue weighted by Crippen LogP contribution is 2.39. The Hall–Kier alpha value is -0.810. The maximum atomic E-state index is 10.6. The number of fused-ring (bicyclic) bond motifs is 1. The third kappa shape index (κ3) is 2.46. The van der Waals surface area contributed by atoms with E-state index in [1.807, 2.05) is 12.1 Å². The van der Waals surface area contributed by atoms with Crippen LogP contribution in [0.3, 0.4) is 0 Å². The summed E-state index contributed by atoms with van der Waals surface area (Å²) in [6.07, 6.45) is -0.522. The Morgan fingerprint density at radius 3 is 2.74 bits per heavy atom. The number of aliphatic hydroxyl groups is 1. The molecule has 1 N–H and O–H groups in total. The van der Waals surface area contributed by atoms with Crippen molar-refractivity contribution in [1.82, 2.24) is 9.80 Å². The number of aliphatic hydroxyl groups excluding tert-OH is 1. The van der Waals surface area contributed by atoms with Crippen molar-refractivity contribution >= 4 is 11.6 Å². The Balaban J connectivity index is 1.80. The van der Waals surface area contributed by atoms with Gasteiger partial charge in [0, 0.05) is 31.7 Å². The molecular formula is C14H19ClN2O2. The highest BCUT2D eigenvalue weighted by molar-refractivity contribution is 6.32. The Labute approximate surface area is 118 Å². The Morgan fingerprint density at radius 2 is 2.00 bits per heavy atom. The van der Waals surface area contributed by atoms with Gasteiger partial charge in [-0.1, -0.05) is 23.7 Å². The standard InChI is InChI=1S/C14H19ClN2O2/c1-16-5-7-17(8-6-16)12-9-19-14-10(13(12)18)3-2-4-11(14)15/h2-4,12-13,18H,5-9H2,1H3. The maximum absolute atomic E-state index is 10.6. The quantitative estimate of drug-likeness (QED) is 0.844. The summed E-state index contributed by atoms with van der Waals surface area (Å²) >= 11 is 6.10. The normalized spacial score (nSPS) is 28.8. The third-order valence-electron chi connectivity index (χ3n) is 4.09. The molecule has 0 radical (unpaired) electrons. The molecular weight excluding hydrogens is 264 g/mol. The summed E-state index contributed by atoms with van der Waals surface area (Å²) in [5.41, 5.74) is 0.808. The van der Waals surface area contributed by atoms with Crippen LogP contribution in [0.15, 0.2) is 18.2 Å². The van der Waals surface area contributed by atoms with E-state index in [4.69, 9.17) is 16.3 Å². The summed E-state index contributed by atoms with van der Waals surface area (Å²) in [6.45, 7) is 4.51. The van der Waals surface area contributed by atoms with Crippen molar-refractivity contribution in [2.75, 3.05) is 39.8 Å². The second-order valence-corrected chi connectivity index (χ2v) is 5.73. The fourth-order valence-corrected chi connectivity index (χ4v) is 3.07. The summed E-state index contributed by atoms with van der Waals surface area (Å²) < 4.78 is 5.77. The molecule has 1 fully saturated rings. The Kier molecular flexibility index (Phi) is 3.67. The van der Waals surface area contributed by atoms with Gasteiger partial charge in [-0.3, -0.25) is 4.90 Å². The molecule has 104 valence electrons. The lowest BCUT2D eigenvalue weighted by atomic mass is 9.97. The monoisotopic (exact) mass is 282 g/mol. The first-order valence-electron chi connectivity index (χ1n) is 6.68. The number of benzene rings is 1. The SMILES string of the molecule is CN1CCN(C2COc3c(Cl)cccc3C2O)CC1. The van der Waals surface area contributed by atoms with E-state index in [-0.39, 0.29) is 6.04 Å². The highest BCUT2D eigenvalue weighted by Gasteiger charge is 2.35. The molecule has 2 aliphatic heterocycles. The Morgan fingerprint density at radius 1 is 1.26 bits per heavy atom. The molecule has 0 aliphatic carbocycles. The van der Waals surface area contributed by atoms with Crippen LogP contribution < -0.4 is 4.74 Å². The smallest absolute Gasteiger partial charge is 0.143 e. The molecule has 0 saturated carbocycles. The summed E-state index contributed by atoms with van der Waals surface area (Å²) in [5, 5.41) is 11.1. The number of hydrogen-bond acceptors (Lipinski definition) is 4. The van der Waals surface area contributed by atoms with Crippen LogP contribution in [0.1, 0.15) is 11.7 Å². The van der Waals surface area contributed by atoms with Crippen molar-refractivity contribution in [1.29, 1.82) is 0 Å². The van der Waals surface area contributed by atoms with Gasteiger partial charge in [0.15, 0.2) is 0 Å². The first-order valence-corrected chi connectivity index (χ1v) is 7.06. The molecule has 5 heteroatoms. The predicted octanol–water partition coefficient (Wildman–Crippen LogP) is 1.38. The van der Waals surface area contributed by atoms with Crippen molar-refractivity contribution in [3.8, 4) is 5.75 Å². The van der Waals surface area contributed by atoms with Crippen LogP contribution in [0, 0.1) is 0 Å². The van der Waals surface area contributed by atoms with Crippen LogP contribution in [0.4, 0.5) is 0 Å². The van der Waals surface area contributed by atoms with Gasteiger partial charge in [0.1, 0.15) is 18.5 Å². The zero-order valence-electron chi connectivity index (χ0n) is 11.1. The van der Waals surface area contributed by atoms with Crippen LogP contribution in [-0.2, 0) is 0 Å². The molecule has 0 spiro atoms. The van der Waals surface area contributed by atoms with E-state index in [0.29, 0.717) is 17.4 Å². The summed E-state index contributed by atoms with van der Waals surface area (Å²) in [6, 6.07) is 5.58. The minimum absolute atomic E-state index is 0.0275. The number of piperazine rings is 1. The molecule has 0 bridgehead atoms. The van der Waals surface area contributed by atoms with Crippen LogP contribution in [0.25, 0.3) is 0 Å². The minimum atomic E-state index is -0.522. The molecule has 2 unspecified atom stereocenters. The lowest BCUT2D eigenvalue weighted by molar-refractivity contribution is -0.0140. The van der Waals surface area contributed by atoms with Crippen LogP contribution in [-0.4, -0.2) is 60.8 Å². The summed E-state index contributed by atoms with van der Waals surface area (Å²) in [4.78, 5) is 4.62. The van der Waals surface area contributed by atoms with E-state index in [0.717, 1.165) is 31.7 Å². The number of para-hydroxylation sites is 1. The lowest BCUT2D eigenvalue weighted by Crippen LogP contribution is -2.53. The van der Waals surface area contributed by atoms with Gasteiger partial charge in [0.05, 0.1) is 11.1 Å². The average molecular weight is 283 g/mol. The molecule has 2 aliphatic rings. The molecule has 0 aromatic heterocycles. The molecule has 1 aromatic rings. The molecule has 1 saturated heterocycles. The van der Waals surface area contributed by atoms with E-state index in [1.165, 1.54) is 0 Å². The van der Waals surface area contributed by atoms with E-state index >= 15 is 0 Å². The van der Waals surface area contributed by atoms with Crippen molar-refractivity contribution in [2.45, 2.75) is 12.1 Å². The van der Waals surface area contributed by atoms with Crippen LogP contribution in [0.2, 0.25) is 5.02 Å². The average Bonchev–Trinajstić information content (AvgIpc) is 2.42. The first-order chi connectivity index (χ1) is 9.16. The molecule has 19 heavy (non-hydrogen) atoms. The second kappa shape index (κ2) is 5.29. The summed E-state index contributed by atoms with van der Waals surface area (Å²) in [7, 11) is 2.13. The van der Waals surface area contributed by atoms with Crippen molar-refractivity contribution < 1.29 is 9.84 Å². The van der Waals surface area contributed by atoms with Crippen molar-refractivity contribution in [2.24, 2.45) is 0 Å². The fraction of sp³-hybridized carbons (Fsp3) is 0.571. The van der Waals surface area contributed by atoms with Crippen LogP contribution >= 0.6 is 11.6 Å². The Bertz CT molecular complexity index is 461. The molecule has 4 nitrogen and oxygen atoms in total. The van der Waals surface area contributed by atoms with E-state index in [1.54, 1.807) is 6.07 Å². The van der Waals surface area contributed by atoms with Gasteiger partial charge in [-0.25, -0.2) is 0 Å². The maximum Gasteiger partial charge on any atom is 0.143 e. The third-order valence-corrected chi connectivity index (χ3v) is 4.38. The minimum Gasteiger partial charge on any atom is -0.490 e. The van der Waals surface area contributed by atoms with Gasteiger partial charge >= 0.3 is 0 Å². The van der Waals surface area contributed by atoms with Gasteiger partial charge < -0.3 is 14.7 Å². The van der Waals surface area contributed by atoms with Crippen molar-refractivity contribution in [3.63, 3.8) is 0 Å². The van der Waals surface area contributed by atoms with Gasteiger partial charge in [0.25, 0.3) is 0 Å². The number of nitrogens with zero attached hydrogens (tertiary/aromatic N) is 2. The van der Waals surface area contributed by atoms with E-state index < -0.39 is 6.10 Å². The predicted molar refractivity (Wildman–Crippen MR) is 74.8 cm³/mol. The van der Waals surface area contributed by atoms with Gasteiger partial charge in [-0.15, -0.1) is 0 Å². The number of hydrogen-bond donors (Lipinski definition) is 1. The first kappa shape index (κ1) is 13.2. The molecule has 2 heterocycles. The topological polar surface area (TPSA) is 35.9 Å². The zero-order chi connectivity index (χ0) is 13.4. The van der Waals surface area contributed by atoms with E-state index in [2.05, 4.69) is 16.8 Å². The van der Waals surface area contributed by atoms with Gasteiger partial charge in [-0.05, 0) is 13.1 Å². The number of rotatable bonds is 1. The number of likely N-dealkylation sites (N-methyl/N-ethyl adjacent to an activating group) is 1. The molecule has 3 rings (SSSR count). The fourth-order valence-electron chi connectivity index (χ4n) is 2.84. The molecule has 2 atom stereocenters. The van der Waals surface area contributed by atoms with Gasteiger partial charge in [0.2, 0.25) is 0 Å².